The number of benzene rings is 1. The van der Waals surface area contributed by atoms with Crippen molar-refractivity contribution in [3.63, 3.8) is 0 Å². The van der Waals surface area contributed by atoms with E-state index in [-0.39, 0.29) is 0 Å². The van der Waals surface area contributed by atoms with Crippen LogP contribution in [0.25, 0.3) is 0 Å². The van der Waals surface area contributed by atoms with Crippen LogP contribution in [0.5, 0.6) is 5.75 Å². The van der Waals surface area contributed by atoms with Crippen LogP contribution in [0.3, 0.4) is 0 Å². The van der Waals surface area contributed by atoms with Crippen LogP contribution < -0.4 is 21.1 Å². The second-order valence-corrected chi connectivity index (χ2v) is 4.39. The number of ether oxygens (including phenoxy) is 1. The Morgan fingerprint density at radius 3 is 2.55 bits per heavy atom. The number of aliphatic carboxylic acids is 1. The Labute approximate surface area is 123 Å². The summed E-state index contributed by atoms with van der Waals surface area (Å²) in [5, 5.41) is 8.94. The second kappa shape index (κ2) is 6.65. The zero-order valence-corrected chi connectivity index (χ0v) is 11.1. The summed E-state index contributed by atoms with van der Waals surface area (Å²) in [5.41, 5.74) is 7.90. The molecule has 1 fully saturated rings. The lowest BCUT2D eigenvalue weighted by atomic mass is 10.2. The van der Waals surface area contributed by atoms with Crippen molar-refractivity contribution in [2.75, 3.05) is 0 Å². The van der Waals surface area contributed by atoms with E-state index in [1.807, 2.05) is 5.92 Å². The Kier molecular flexibility index (Phi) is 4.87. The van der Waals surface area contributed by atoms with Gasteiger partial charge in [0.2, 0.25) is 0 Å². The molecule has 0 aliphatic carbocycles. The van der Waals surface area contributed by atoms with E-state index >= 15 is 0 Å². The highest BCUT2D eigenvalue weighted by atomic mass is 19.4. The molecule has 2 atom stereocenters. The van der Waals surface area contributed by atoms with E-state index in [0.717, 1.165) is 0 Å². The van der Waals surface area contributed by atoms with Gasteiger partial charge in [-0.05, 0) is 24.3 Å². The van der Waals surface area contributed by atoms with Crippen LogP contribution in [0.4, 0.5) is 13.2 Å². The molecule has 0 radical (unpaired) electrons. The molecule has 1 heterocycles. The van der Waals surface area contributed by atoms with Crippen LogP contribution in [0.2, 0.25) is 0 Å². The monoisotopic (exact) mass is 315 g/mol. The summed E-state index contributed by atoms with van der Waals surface area (Å²) in [6.07, 6.45) is -6.31. The zero-order chi connectivity index (χ0) is 16.2. The molecule has 0 bridgehead atoms. The highest BCUT2D eigenvalue weighted by Crippen LogP contribution is 2.18. The minimum Gasteiger partial charge on any atom is -0.480 e. The number of alkyl halides is 3. The summed E-state index contributed by atoms with van der Waals surface area (Å²) in [5.74, 6) is 3.68. The molecule has 0 spiro atoms. The first-order valence-electron chi connectivity index (χ1n) is 6.16. The van der Waals surface area contributed by atoms with E-state index in [1.54, 1.807) is 0 Å². The van der Waals surface area contributed by atoms with Crippen molar-refractivity contribution in [1.82, 2.24) is 16.4 Å². The normalized spacial score (nSPS) is 21.0. The third-order valence-corrected chi connectivity index (χ3v) is 2.65. The zero-order valence-electron chi connectivity index (χ0n) is 11.1. The summed E-state index contributed by atoms with van der Waals surface area (Å²) in [4.78, 5) is 10.9. The molecule has 4 N–H and O–H groups in total. The molecule has 118 valence electrons. The second-order valence-electron chi connectivity index (χ2n) is 4.39. The molecule has 9 heteroatoms. The van der Waals surface area contributed by atoms with Gasteiger partial charge in [0.05, 0.1) is 0 Å². The maximum atomic E-state index is 12.0. The van der Waals surface area contributed by atoms with Crippen molar-refractivity contribution >= 4 is 5.97 Å². The molecular weight excluding hydrogens is 303 g/mol. The fourth-order valence-electron chi connectivity index (χ4n) is 1.65. The van der Waals surface area contributed by atoms with Crippen molar-refractivity contribution in [2.45, 2.75) is 24.9 Å². The largest absolute Gasteiger partial charge is 0.480 e. The van der Waals surface area contributed by atoms with Gasteiger partial charge in [0.15, 0.2) is 12.3 Å². The standard InChI is InChI=1S/C13H12F3N3O3/c14-13(15,16)7-1-2-8-3-5-9(6-4-8)22-11-10(12(20)21)17-19-18-11/h3-6,10-11,17-19H,7H2,(H,20,21). The van der Waals surface area contributed by atoms with Crippen LogP contribution in [0.15, 0.2) is 24.3 Å². The van der Waals surface area contributed by atoms with Crippen LogP contribution in [-0.4, -0.2) is 29.5 Å². The van der Waals surface area contributed by atoms with Crippen molar-refractivity contribution in [1.29, 1.82) is 0 Å². The third kappa shape index (κ3) is 4.63. The van der Waals surface area contributed by atoms with E-state index in [1.165, 1.54) is 24.3 Å². The Balaban J connectivity index is 1.96. The average molecular weight is 315 g/mol. The van der Waals surface area contributed by atoms with E-state index in [0.29, 0.717) is 11.3 Å². The Bertz CT molecular complexity index is 593. The molecule has 0 amide bonds. The fraction of sp³-hybridized carbons (Fsp3) is 0.308. The minimum absolute atomic E-state index is 0.357. The highest BCUT2D eigenvalue weighted by molar-refractivity contribution is 5.74. The van der Waals surface area contributed by atoms with Gasteiger partial charge in [-0.15, -0.1) is 0 Å². The topological polar surface area (TPSA) is 82.6 Å². The van der Waals surface area contributed by atoms with Crippen molar-refractivity contribution in [3.05, 3.63) is 29.8 Å². The number of carboxylic acids is 1. The quantitative estimate of drug-likeness (QED) is 0.617. The van der Waals surface area contributed by atoms with Gasteiger partial charge >= 0.3 is 12.1 Å². The van der Waals surface area contributed by atoms with Crippen LogP contribution in [-0.2, 0) is 4.79 Å². The predicted molar refractivity (Wildman–Crippen MR) is 69.2 cm³/mol. The van der Waals surface area contributed by atoms with Crippen molar-refractivity contribution in [2.24, 2.45) is 0 Å². The number of halogens is 3. The molecule has 1 aromatic rings. The molecule has 0 aromatic heterocycles. The molecule has 6 nitrogen and oxygen atoms in total. The number of hydrogen-bond acceptors (Lipinski definition) is 5. The Hall–Kier alpha value is -2.28. The van der Waals surface area contributed by atoms with Crippen LogP contribution >= 0.6 is 0 Å². The lowest BCUT2D eigenvalue weighted by Gasteiger charge is -2.16. The van der Waals surface area contributed by atoms with E-state index in [2.05, 4.69) is 22.3 Å². The fourth-order valence-corrected chi connectivity index (χ4v) is 1.65. The molecule has 22 heavy (non-hydrogen) atoms. The Morgan fingerprint density at radius 2 is 1.95 bits per heavy atom. The summed E-state index contributed by atoms with van der Waals surface area (Å²) < 4.78 is 41.3. The lowest BCUT2D eigenvalue weighted by molar-refractivity contribution is -0.141. The molecule has 2 rings (SSSR count). The van der Waals surface area contributed by atoms with E-state index in [4.69, 9.17) is 9.84 Å². The first-order valence-corrected chi connectivity index (χ1v) is 6.16. The third-order valence-electron chi connectivity index (χ3n) is 2.65. The van der Waals surface area contributed by atoms with Crippen molar-refractivity contribution in [3.8, 4) is 17.6 Å². The molecule has 1 saturated heterocycles. The van der Waals surface area contributed by atoms with Crippen LogP contribution in [0.1, 0.15) is 12.0 Å². The first kappa shape index (κ1) is 16.1. The molecule has 1 aliphatic rings. The van der Waals surface area contributed by atoms with Gasteiger partial charge in [0.25, 0.3) is 0 Å². The molecule has 1 aliphatic heterocycles. The molecular formula is C13H12F3N3O3. The maximum Gasteiger partial charge on any atom is 0.399 e. The molecule has 1 aromatic carbocycles. The van der Waals surface area contributed by atoms with E-state index in [9.17, 15) is 18.0 Å². The van der Waals surface area contributed by atoms with E-state index < -0.39 is 30.8 Å². The SMILES string of the molecule is O=C(O)C1NNNC1Oc1ccc(C#CCC(F)(F)F)cc1. The highest BCUT2D eigenvalue weighted by Gasteiger charge is 2.34. The first-order chi connectivity index (χ1) is 10.3. The number of carbonyl (C=O) groups is 1. The van der Waals surface area contributed by atoms with Gasteiger partial charge in [-0.3, -0.25) is 4.79 Å². The van der Waals surface area contributed by atoms with Gasteiger partial charge < -0.3 is 9.84 Å². The number of carboxylic acid groups (broad SMARTS) is 1. The summed E-state index contributed by atoms with van der Waals surface area (Å²) in [7, 11) is 0. The van der Waals surface area contributed by atoms with Gasteiger partial charge in [0, 0.05) is 5.56 Å². The summed E-state index contributed by atoms with van der Waals surface area (Å²) >= 11 is 0. The number of hydrazine groups is 2. The van der Waals surface area contributed by atoms with Gasteiger partial charge in [0.1, 0.15) is 12.2 Å². The number of rotatable bonds is 3. The summed E-state index contributed by atoms with van der Waals surface area (Å²) in [6, 6.07) is 4.99. The van der Waals surface area contributed by atoms with Crippen LogP contribution in [0, 0.1) is 11.8 Å². The van der Waals surface area contributed by atoms with Gasteiger partial charge in [-0.1, -0.05) is 11.8 Å². The molecule has 2 unspecified atom stereocenters. The number of hydrogen-bond donors (Lipinski definition) is 4. The average Bonchev–Trinajstić information content (AvgIpc) is 2.88. The number of nitrogens with one attached hydrogen (secondary N) is 3. The predicted octanol–water partition coefficient (Wildman–Crippen LogP) is 0.761. The van der Waals surface area contributed by atoms with Gasteiger partial charge in [-0.25, -0.2) is 10.9 Å². The minimum atomic E-state index is -4.31. The lowest BCUT2D eigenvalue weighted by Crippen LogP contribution is -2.44. The Morgan fingerprint density at radius 1 is 1.27 bits per heavy atom. The molecule has 0 saturated carbocycles. The maximum absolute atomic E-state index is 12.0. The van der Waals surface area contributed by atoms with Crippen molar-refractivity contribution < 1.29 is 27.8 Å². The smallest absolute Gasteiger partial charge is 0.399 e. The van der Waals surface area contributed by atoms with Gasteiger partial charge in [-0.2, -0.15) is 18.7 Å². The summed E-state index contributed by atoms with van der Waals surface area (Å²) in [6.45, 7) is 0.